The van der Waals surface area contributed by atoms with E-state index >= 15 is 0 Å². The third kappa shape index (κ3) is 3.86. The first-order valence-electron chi connectivity index (χ1n) is 5.93. The number of hydrogen-bond acceptors (Lipinski definition) is 5. The van der Waals surface area contributed by atoms with Crippen LogP contribution in [0.4, 0.5) is 5.69 Å². The van der Waals surface area contributed by atoms with Gasteiger partial charge in [-0.1, -0.05) is 37.0 Å². The Bertz CT molecular complexity index is 721. The molecule has 0 fully saturated rings. The van der Waals surface area contributed by atoms with Crippen molar-refractivity contribution in [1.29, 1.82) is 0 Å². The van der Waals surface area contributed by atoms with E-state index in [1.54, 1.807) is 13.8 Å². The van der Waals surface area contributed by atoms with E-state index in [1.807, 2.05) is 0 Å². The predicted octanol–water partition coefficient (Wildman–Crippen LogP) is 1.69. The molecule has 0 unspecified atom stereocenters. The number of nitrogens with two attached hydrogens (primary N) is 1. The maximum absolute atomic E-state index is 12.4. The van der Waals surface area contributed by atoms with Crippen molar-refractivity contribution in [2.24, 2.45) is 11.7 Å². The summed E-state index contributed by atoms with van der Waals surface area (Å²) in [5.41, 5.74) is 4.52. The van der Waals surface area contributed by atoms with Gasteiger partial charge in [0.2, 0.25) is 15.9 Å². The maximum atomic E-state index is 12.4. The number of nitrogens with one attached hydrogen (secondary N) is 1. The highest BCUT2D eigenvalue weighted by Crippen LogP contribution is 2.36. The normalized spacial score (nSPS) is 13.1. The standard InChI is InChI=1S/C11H13Cl2N3O5S/c1-5(2)9(11(14)17)15-22(20,21)10-6(12)3-4-7(8(10)13)16(18)19/h3-5,9,15H,1-2H3,(H2,14,17)/t9-/m0/s1. The zero-order valence-corrected chi connectivity index (χ0v) is 13.9. The van der Waals surface area contributed by atoms with Gasteiger partial charge in [-0.05, 0) is 12.0 Å². The summed E-state index contributed by atoms with van der Waals surface area (Å²) in [6.45, 7) is 3.16. The Morgan fingerprint density at radius 1 is 1.36 bits per heavy atom. The van der Waals surface area contributed by atoms with Crippen molar-refractivity contribution in [2.45, 2.75) is 24.8 Å². The Morgan fingerprint density at radius 3 is 2.32 bits per heavy atom. The number of carbonyl (C=O) groups is 1. The predicted molar refractivity (Wildman–Crippen MR) is 81.3 cm³/mol. The summed E-state index contributed by atoms with van der Waals surface area (Å²) in [6, 6.07) is 0.809. The third-order valence-corrected chi connectivity index (χ3v) is 5.20. The minimum Gasteiger partial charge on any atom is -0.368 e. The maximum Gasteiger partial charge on any atom is 0.289 e. The van der Waals surface area contributed by atoms with E-state index in [9.17, 15) is 23.3 Å². The van der Waals surface area contributed by atoms with E-state index in [-0.39, 0.29) is 5.02 Å². The number of amides is 1. The molecule has 122 valence electrons. The van der Waals surface area contributed by atoms with Crippen molar-refractivity contribution >= 4 is 44.8 Å². The van der Waals surface area contributed by atoms with Crippen LogP contribution in [0.3, 0.4) is 0 Å². The lowest BCUT2D eigenvalue weighted by Crippen LogP contribution is -2.47. The summed E-state index contributed by atoms with van der Waals surface area (Å²) in [7, 11) is -4.39. The van der Waals surface area contributed by atoms with Gasteiger partial charge >= 0.3 is 0 Å². The molecule has 1 rings (SSSR count). The first-order valence-corrected chi connectivity index (χ1v) is 8.17. The summed E-state index contributed by atoms with van der Waals surface area (Å²) in [6.07, 6.45) is 0. The molecule has 8 nitrogen and oxygen atoms in total. The fourth-order valence-electron chi connectivity index (χ4n) is 1.66. The zero-order chi connectivity index (χ0) is 17.2. The van der Waals surface area contributed by atoms with Gasteiger partial charge in [0.15, 0.2) is 0 Å². The molecular weight excluding hydrogens is 357 g/mol. The van der Waals surface area contributed by atoms with E-state index in [2.05, 4.69) is 4.72 Å². The molecule has 3 N–H and O–H groups in total. The van der Waals surface area contributed by atoms with Crippen molar-refractivity contribution in [2.75, 3.05) is 0 Å². The molecule has 0 aliphatic carbocycles. The summed E-state index contributed by atoms with van der Waals surface area (Å²) in [5.74, 6) is -1.33. The molecule has 0 radical (unpaired) electrons. The highest BCUT2D eigenvalue weighted by atomic mass is 35.5. The molecule has 22 heavy (non-hydrogen) atoms. The molecule has 1 aromatic rings. The Labute approximate surface area is 136 Å². The summed E-state index contributed by atoms with van der Waals surface area (Å²) < 4.78 is 26.8. The molecule has 1 aromatic carbocycles. The number of rotatable bonds is 6. The van der Waals surface area contributed by atoms with Crippen molar-refractivity contribution in [3.8, 4) is 0 Å². The molecule has 0 saturated heterocycles. The average Bonchev–Trinajstić information content (AvgIpc) is 2.34. The van der Waals surface area contributed by atoms with Crippen LogP contribution in [0.2, 0.25) is 10.0 Å². The highest BCUT2D eigenvalue weighted by molar-refractivity contribution is 7.89. The molecule has 0 aliphatic rings. The number of hydrogen-bond donors (Lipinski definition) is 2. The second kappa shape index (κ2) is 6.78. The lowest BCUT2D eigenvalue weighted by molar-refractivity contribution is -0.384. The molecule has 0 aliphatic heterocycles. The highest BCUT2D eigenvalue weighted by Gasteiger charge is 2.32. The lowest BCUT2D eigenvalue weighted by Gasteiger charge is -2.19. The van der Waals surface area contributed by atoms with Crippen LogP contribution in [0, 0.1) is 16.0 Å². The van der Waals surface area contributed by atoms with Gasteiger partial charge in [-0.3, -0.25) is 14.9 Å². The first kappa shape index (κ1) is 18.6. The summed E-state index contributed by atoms with van der Waals surface area (Å²) in [4.78, 5) is 20.6. The molecule has 0 aromatic heterocycles. The molecule has 1 atom stereocenters. The van der Waals surface area contributed by atoms with Gasteiger partial charge in [0, 0.05) is 6.07 Å². The molecular formula is C11H13Cl2N3O5S. The zero-order valence-electron chi connectivity index (χ0n) is 11.5. The van der Waals surface area contributed by atoms with E-state index in [0.29, 0.717) is 0 Å². The number of nitro benzene ring substituents is 1. The fourth-order valence-corrected chi connectivity index (χ4v) is 4.21. The Morgan fingerprint density at radius 2 is 1.91 bits per heavy atom. The molecule has 0 bridgehead atoms. The van der Waals surface area contributed by atoms with E-state index < -0.39 is 48.4 Å². The van der Waals surface area contributed by atoms with Crippen LogP contribution in [0.25, 0.3) is 0 Å². The number of nitrogens with zero attached hydrogens (tertiary/aromatic N) is 1. The van der Waals surface area contributed by atoms with Gasteiger partial charge in [-0.2, -0.15) is 4.72 Å². The lowest BCUT2D eigenvalue weighted by atomic mass is 10.1. The Kier molecular flexibility index (Phi) is 5.74. The minimum atomic E-state index is -4.39. The molecule has 0 heterocycles. The molecule has 1 amide bonds. The molecule has 0 spiro atoms. The molecule has 11 heteroatoms. The number of benzene rings is 1. The van der Waals surface area contributed by atoms with Crippen LogP contribution in [0.15, 0.2) is 17.0 Å². The number of carbonyl (C=O) groups excluding carboxylic acids is 1. The van der Waals surface area contributed by atoms with Crippen LogP contribution in [0.1, 0.15) is 13.8 Å². The number of sulfonamides is 1. The van der Waals surface area contributed by atoms with Crippen LogP contribution in [0.5, 0.6) is 0 Å². The largest absolute Gasteiger partial charge is 0.368 e. The summed E-state index contributed by atoms with van der Waals surface area (Å²) >= 11 is 11.6. The Hall–Kier alpha value is -1.42. The SMILES string of the molecule is CC(C)[C@H](NS(=O)(=O)c1c(Cl)ccc([N+](=O)[O-])c1Cl)C(N)=O. The number of halogens is 2. The Balaban J connectivity index is 3.43. The second-order valence-corrected chi connectivity index (χ2v) is 7.15. The van der Waals surface area contributed by atoms with Crippen molar-refractivity contribution in [1.82, 2.24) is 4.72 Å². The van der Waals surface area contributed by atoms with Crippen LogP contribution in [-0.4, -0.2) is 25.3 Å². The topological polar surface area (TPSA) is 132 Å². The van der Waals surface area contributed by atoms with Crippen LogP contribution in [-0.2, 0) is 14.8 Å². The fraction of sp³-hybridized carbons (Fsp3) is 0.364. The van der Waals surface area contributed by atoms with Gasteiger partial charge in [0.25, 0.3) is 5.69 Å². The van der Waals surface area contributed by atoms with E-state index in [0.717, 1.165) is 12.1 Å². The van der Waals surface area contributed by atoms with Gasteiger partial charge in [0.05, 0.1) is 9.95 Å². The van der Waals surface area contributed by atoms with Gasteiger partial charge in [-0.15, -0.1) is 0 Å². The van der Waals surface area contributed by atoms with Crippen LogP contribution < -0.4 is 10.5 Å². The van der Waals surface area contributed by atoms with Crippen LogP contribution >= 0.6 is 23.2 Å². The minimum absolute atomic E-state index is 0.310. The third-order valence-electron chi connectivity index (χ3n) is 2.75. The monoisotopic (exact) mass is 369 g/mol. The summed E-state index contributed by atoms with van der Waals surface area (Å²) in [5, 5.41) is 9.89. The quantitative estimate of drug-likeness (QED) is 0.581. The average molecular weight is 370 g/mol. The smallest absolute Gasteiger partial charge is 0.289 e. The van der Waals surface area contributed by atoms with Crippen molar-refractivity contribution in [3.05, 3.63) is 32.3 Å². The second-order valence-electron chi connectivity index (χ2n) is 4.71. The van der Waals surface area contributed by atoms with Gasteiger partial charge in [0.1, 0.15) is 16.0 Å². The van der Waals surface area contributed by atoms with Crippen molar-refractivity contribution in [3.63, 3.8) is 0 Å². The van der Waals surface area contributed by atoms with Gasteiger partial charge in [-0.25, -0.2) is 8.42 Å². The van der Waals surface area contributed by atoms with E-state index in [1.165, 1.54) is 0 Å². The first-order chi connectivity index (χ1) is 9.99. The van der Waals surface area contributed by atoms with Gasteiger partial charge < -0.3 is 5.73 Å². The molecule has 0 saturated carbocycles. The number of nitro groups is 1. The van der Waals surface area contributed by atoms with E-state index in [4.69, 9.17) is 28.9 Å². The van der Waals surface area contributed by atoms with Crippen molar-refractivity contribution < 1.29 is 18.1 Å². The number of primary amides is 1.